The van der Waals surface area contributed by atoms with Gasteiger partial charge in [-0.1, -0.05) is 25.6 Å². The minimum absolute atomic E-state index is 0.103. The molecule has 7 heteroatoms. The summed E-state index contributed by atoms with van der Waals surface area (Å²) in [5.41, 5.74) is -1.14. The molecule has 2 bridgehead atoms. The first-order valence-corrected chi connectivity index (χ1v) is 11.6. The molecule has 5 rings (SSSR count). The molecule has 0 aromatic heterocycles. The normalized spacial score (nSPS) is 47.9. The van der Waals surface area contributed by atoms with Gasteiger partial charge < -0.3 is 14.2 Å². The Bertz CT molecular complexity index is 621. The molecule has 5 fully saturated rings. The van der Waals surface area contributed by atoms with E-state index in [0.717, 1.165) is 19.3 Å². The molecule has 1 aliphatic carbocycles. The monoisotopic (exact) mass is 414 g/mol. The first kappa shape index (κ1) is 20.9. The Kier molecular flexibility index (Phi) is 5.32. The number of carbonyl (C=O) groups is 1. The Morgan fingerprint density at radius 2 is 1.89 bits per heavy atom. The predicted octanol–water partition coefficient (Wildman–Crippen LogP) is 4.47. The summed E-state index contributed by atoms with van der Waals surface area (Å²) in [6.07, 6.45) is 3.65. The largest absolute Gasteiger partial charge is 0.454 e. The van der Waals surface area contributed by atoms with Gasteiger partial charge in [0.25, 0.3) is 0 Å². The Hall–Kier alpha value is -0.340. The quantitative estimate of drug-likeness (QED) is 0.383. The van der Waals surface area contributed by atoms with E-state index in [-0.39, 0.29) is 23.3 Å². The van der Waals surface area contributed by atoms with E-state index in [1.807, 2.05) is 27.7 Å². The molecule has 1 spiro atoms. The lowest BCUT2D eigenvalue weighted by Gasteiger charge is -2.60. The predicted molar refractivity (Wildman–Crippen MR) is 105 cm³/mol. The molecule has 160 valence electrons. The van der Waals surface area contributed by atoms with Crippen LogP contribution in [0.15, 0.2) is 0 Å². The zero-order valence-electron chi connectivity index (χ0n) is 17.9. The van der Waals surface area contributed by atoms with E-state index in [1.54, 1.807) is 0 Å². The Morgan fingerprint density at radius 3 is 2.61 bits per heavy atom. The van der Waals surface area contributed by atoms with Gasteiger partial charge in [-0.05, 0) is 64.7 Å². The third kappa shape index (κ3) is 3.31. The first-order chi connectivity index (χ1) is 13.1. The van der Waals surface area contributed by atoms with Crippen molar-refractivity contribution in [3.63, 3.8) is 0 Å². The standard InChI is InChI=1S/C21H34O6S/c1-12-7-8-15-13(2)16(28-11-23-17(22)19(3,4)5)24-18-21(15)14(12)9-10-20(6,25-18)26-27-21/h12-16,18H,7-11H2,1-6H3/t12-,13-,14+,15+,16+,18-,20+,21-/m1/s1. The third-order valence-electron chi connectivity index (χ3n) is 7.13. The highest BCUT2D eigenvalue weighted by Crippen LogP contribution is 2.61. The number of thioether (sulfide) groups is 1. The zero-order valence-corrected chi connectivity index (χ0v) is 18.7. The molecular weight excluding hydrogens is 380 g/mol. The van der Waals surface area contributed by atoms with Crippen molar-refractivity contribution in [2.24, 2.45) is 29.1 Å². The van der Waals surface area contributed by atoms with Crippen LogP contribution in [-0.2, 0) is 28.8 Å². The second kappa shape index (κ2) is 7.12. The van der Waals surface area contributed by atoms with Crippen LogP contribution in [0.5, 0.6) is 0 Å². The van der Waals surface area contributed by atoms with Gasteiger partial charge in [0.05, 0.1) is 5.41 Å². The van der Waals surface area contributed by atoms with Crippen LogP contribution in [0.2, 0.25) is 0 Å². The zero-order chi connectivity index (χ0) is 20.3. The fraction of sp³-hybridized carbons (Fsp3) is 0.952. The molecule has 0 aromatic carbocycles. The molecule has 5 aliphatic rings. The second-order valence-corrected chi connectivity index (χ2v) is 11.3. The minimum atomic E-state index is -0.758. The lowest BCUT2D eigenvalue weighted by Crippen LogP contribution is -2.70. The number of fused-ring (bicyclic) bond motifs is 2. The molecule has 1 saturated carbocycles. The summed E-state index contributed by atoms with van der Waals surface area (Å²) in [7, 11) is 0. The maximum Gasteiger partial charge on any atom is 0.312 e. The van der Waals surface area contributed by atoms with Crippen molar-refractivity contribution in [1.82, 2.24) is 0 Å². The maximum absolute atomic E-state index is 12.1. The van der Waals surface area contributed by atoms with Gasteiger partial charge in [0.15, 0.2) is 11.9 Å². The van der Waals surface area contributed by atoms with Crippen molar-refractivity contribution in [2.75, 3.05) is 5.94 Å². The van der Waals surface area contributed by atoms with E-state index in [4.69, 9.17) is 24.0 Å². The average molecular weight is 415 g/mol. The topological polar surface area (TPSA) is 63.2 Å². The van der Waals surface area contributed by atoms with E-state index in [1.165, 1.54) is 18.2 Å². The van der Waals surface area contributed by atoms with Gasteiger partial charge in [0.2, 0.25) is 5.79 Å². The van der Waals surface area contributed by atoms with E-state index < -0.39 is 23.1 Å². The summed E-state index contributed by atoms with van der Waals surface area (Å²) in [5, 5.41) is 0. The highest BCUT2D eigenvalue weighted by molar-refractivity contribution is 7.99. The molecule has 28 heavy (non-hydrogen) atoms. The number of carbonyl (C=O) groups excluding carboxylic acids is 1. The van der Waals surface area contributed by atoms with Gasteiger partial charge in [-0.25, -0.2) is 9.78 Å². The van der Waals surface area contributed by atoms with Crippen LogP contribution in [0, 0.1) is 29.1 Å². The van der Waals surface area contributed by atoms with Crippen molar-refractivity contribution in [2.45, 2.75) is 90.3 Å². The highest BCUT2D eigenvalue weighted by atomic mass is 32.2. The molecule has 0 radical (unpaired) electrons. The van der Waals surface area contributed by atoms with Crippen LogP contribution < -0.4 is 0 Å². The van der Waals surface area contributed by atoms with Crippen LogP contribution in [0.3, 0.4) is 0 Å². The second-order valence-electron chi connectivity index (χ2n) is 10.2. The van der Waals surface area contributed by atoms with Gasteiger partial charge in [0, 0.05) is 12.3 Å². The van der Waals surface area contributed by atoms with Crippen LogP contribution in [0.25, 0.3) is 0 Å². The maximum atomic E-state index is 12.1. The number of ether oxygens (including phenoxy) is 3. The average Bonchev–Trinajstić information content (AvgIpc) is 2.84. The van der Waals surface area contributed by atoms with Gasteiger partial charge in [-0.2, -0.15) is 0 Å². The summed E-state index contributed by atoms with van der Waals surface area (Å²) in [6.45, 7) is 12.1. The molecule has 8 atom stereocenters. The molecule has 6 nitrogen and oxygen atoms in total. The lowest BCUT2D eigenvalue weighted by atomic mass is 9.58. The van der Waals surface area contributed by atoms with E-state index >= 15 is 0 Å². The summed E-state index contributed by atoms with van der Waals surface area (Å²) >= 11 is 1.54. The van der Waals surface area contributed by atoms with Gasteiger partial charge in [0.1, 0.15) is 11.4 Å². The highest BCUT2D eigenvalue weighted by Gasteiger charge is 2.69. The van der Waals surface area contributed by atoms with E-state index in [9.17, 15) is 4.79 Å². The Balaban J connectivity index is 1.52. The Morgan fingerprint density at radius 1 is 1.14 bits per heavy atom. The van der Waals surface area contributed by atoms with Crippen molar-refractivity contribution < 1.29 is 28.8 Å². The lowest BCUT2D eigenvalue weighted by molar-refractivity contribution is -0.568. The molecule has 4 heterocycles. The van der Waals surface area contributed by atoms with Crippen molar-refractivity contribution >= 4 is 17.7 Å². The molecule has 4 saturated heterocycles. The molecule has 0 unspecified atom stereocenters. The third-order valence-corrected chi connectivity index (χ3v) is 8.25. The van der Waals surface area contributed by atoms with Gasteiger partial charge in [-0.15, -0.1) is 0 Å². The number of rotatable bonds is 3. The number of hydrogen-bond acceptors (Lipinski definition) is 7. The number of hydrogen-bond donors (Lipinski definition) is 0. The van der Waals surface area contributed by atoms with Gasteiger partial charge in [-0.3, -0.25) is 4.79 Å². The van der Waals surface area contributed by atoms with E-state index in [2.05, 4.69) is 13.8 Å². The van der Waals surface area contributed by atoms with Crippen LogP contribution >= 0.6 is 11.8 Å². The molecule has 0 aromatic rings. The SMILES string of the molecule is C[C@H]1[C@H](SCOC(=O)C(C)(C)C)O[C@@H]2O[C@]3(C)CC[C@H]4[C@H](C)CC[C@@H]1[C@@]24OO3. The van der Waals surface area contributed by atoms with Crippen LogP contribution in [0.4, 0.5) is 0 Å². The van der Waals surface area contributed by atoms with Crippen molar-refractivity contribution in [3.8, 4) is 0 Å². The van der Waals surface area contributed by atoms with Crippen LogP contribution in [0.1, 0.15) is 67.2 Å². The molecule has 0 N–H and O–H groups in total. The summed E-state index contributed by atoms with van der Waals surface area (Å²) in [4.78, 5) is 24.1. The first-order valence-electron chi connectivity index (χ1n) is 10.6. The number of esters is 1. The molecule has 0 amide bonds. The summed E-state index contributed by atoms with van der Waals surface area (Å²) in [5.74, 6) is 0.801. The van der Waals surface area contributed by atoms with Gasteiger partial charge >= 0.3 is 5.97 Å². The minimum Gasteiger partial charge on any atom is -0.454 e. The van der Waals surface area contributed by atoms with Crippen molar-refractivity contribution in [3.05, 3.63) is 0 Å². The summed E-state index contributed by atoms with van der Waals surface area (Å²) in [6, 6.07) is 0. The molecular formula is C21H34O6S. The van der Waals surface area contributed by atoms with Crippen LogP contribution in [-0.4, -0.2) is 35.0 Å². The fourth-order valence-electron chi connectivity index (χ4n) is 5.43. The summed E-state index contributed by atoms with van der Waals surface area (Å²) < 4.78 is 18.3. The van der Waals surface area contributed by atoms with E-state index in [0.29, 0.717) is 17.8 Å². The smallest absolute Gasteiger partial charge is 0.312 e. The Labute approximate surface area is 172 Å². The van der Waals surface area contributed by atoms with Crippen molar-refractivity contribution in [1.29, 1.82) is 0 Å². The molecule has 4 aliphatic heterocycles. The fourth-order valence-corrected chi connectivity index (χ4v) is 6.42.